The van der Waals surface area contributed by atoms with E-state index in [1.54, 1.807) is 0 Å². The van der Waals surface area contributed by atoms with Crippen LogP contribution in [0.15, 0.2) is 70.7 Å². The summed E-state index contributed by atoms with van der Waals surface area (Å²) in [5.41, 5.74) is 3.17. The van der Waals surface area contributed by atoms with Crippen LogP contribution in [0, 0.1) is 0 Å². The number of rotatable bonds is 1. The number of allylic oxidation sites excluding steroid dienone is 4. The molecule has 7 heteroatoms. The van der Waals surface area contributed by atoms with E-state index in [9.17, 15) is 0 Å². The molecular formula is C15H18N6Si. The number of hydrogen-bond donors (Lipinski definition) is 1. The average Bonchev–Trinajstić information content (AvgIpc) is 3.07. The lowest BCUT2D eigenvalue weighted by atomic mass is 10.3. The molecule has 0 spiro atoms. The van der Waals surface area contributed by atoms with Gasteiger partial charge in [-0.1, -0.05) is 12.2 Å². The fourth-order valence-corrected chi connectivity index (χ4v) is 3.92. The molecule has 0 saturated heterocycles. The predicted molar refractivity (Wildman–Crippen MR) is 90.5 cm³/mol. The molecular weight excluding hydrogens is 292 g/mol. The van der Waals surface area contributed by atoms with Crippen molar-refractivity contribution in [2.45, 2.75) is 19.6 Å². The molecule has 1 N–H and O–H groups in total. The zero-order valence-electron chi connectivity index (χ0n) is 12.9. The van der Waals surface area contributed by atoms with Crippen LogP contribution < -0.4 is 5.43 Å². The third-order valence-corrected chi connectivity index (χ3v) is 5.26. The minimum atomic E-state index is -1.68. The summed E-state index contributed by atoms with van der Waals surface area (Å²) in [4.78, 5) is 4.18. The molecule has 4 heterocycles. The second-order valence-electron chi connectivity index (χ2n) is 6.34. The topological polar surface area (TPSA) is 46.5 Å². The second-order valence-corrected chi connectivity index (χ2v) is 11.1. The van der Waals surface area contributed by atoms with E-state index >= 15 is 0 Å². The van der Waals surface area contributed by atoms with Crippen LogP contribution in [-0.4, -0.2) is 34.4 Å². The molecule has 4 rings (SSSR count). The summed E-state index contributed by atoms with van der Waals surface area (Å²) in [6, 6.07) is 0. The number of hydrogen-bond acceptors (Lipinski definition) is 6. The van der Waals surface area contributed by atoms with Gasteiger partial charge in [-0.2, -0.15) is 10.2 Å². The second kappa shape index (κ2) is 4.47. The van der Waals surface area contributed by atoms with Crippen molar-refractivity contribution in [2.24, 2.45) is 10.2 Å². The quantitative estimate of drug-likeness (QED) is 0.755. The van der Waals surface area contributed by atoms with Crippen molar-refractivity contribution in [3.05, 3.63) is 60.5 Å². The van der Waals surface area contributed by atoms with E-state index in [2.05, 4.69) is 44.6 Å². The lowest BCUT2D eigenvalue weighted by Gasteiger charge is -2.33. The van der Waals surface area contributed by atoms with Crippen LogP contribution in [0.5, 0.6) is 0 Å². The van der Waals surface area contributed by atoms with Gasteiger partial charge in [0.05, 0.1) is 0 Å². The Bertz CT molecular complexity index is 732. The van der Waals surface area contributed by atoms with Gasteiger partial charge < -0.3 is 0 Å². The normalized spacial score (nSPS) is 25.3. The lowest BCUT2D eigenvalue weighted by molar-refractivity contribution is 0.454. The van der Waals surface area contributed by atoms with Crippen LogP contribution in [0.2, 0.25) is 19.6 Å². The summed E-state index contributed by atoms with van der Waals surface area (Å²) in [5, 5.41) is 9.23. The summed E-state index contributed by atoms with van der Waals surface area (Å²) in [7, 11) is -1.68. The zero-order valence-corrected chi connectivity index (χ0v) is 13.9. The van der Waals surface area contributed by atoms with E-state index in [1.165, 1.54) is 0 Å². The molecule has 0 aromatic carbocycles. The van der Waals surface area contributed by atoms with Gasteiger partial charge in [-0.25, -0.2) is 0 Å². The first-order valence-corrected chi connectivity index (χ1v) is 10.8. The van der Waals surface area contributed by atoms with E-state index in [1.807, 2.05) is 48.9 Å². The summed E-state index contributed by atoms with van der Waals surface area (Å²) < 4.78 is 2.18. The highest BCUT2D eigenvalue weighted by Crippen LogP contribution is 2.33. The Kier molecular flexibility index (Phi) is 2.67. The summed E-state index contributed by atoms with van der Waals surface area (Å²) in [6.07, 6.45) is 16.1. The average molecular weight is 310 g/mol. The third kappa shape index (κ3) is 1.86. The van der Waals surface area contributed by atoms with Crippen LogP contribution in [0.3, 0.4) is 0 Å². The number of hydrazone groups is 2. The number of amidine groups is 2. The number of nitrogens with one attached hydrogen (secondary N) is 1. The molecule has 0 atom stereocenters. The first-order chi connectivity index (χ1) is 10.6. The van der Waals surface area contributed by atoms with Crippen molar-refractivity contribution < 1.29 is 0 Å². The zero-order chi connectivity index (χ0) is 15.3. The molecule has 0 saturated carbocycles. The molecule has 4 aliphatic heterocycles. The van der Waals surface area contributed by atoms with Gasteiger partial charge in [-0.05, 0) is 43.9 Å². The van der Waals surface area contributed by atoms with Crippen molar-refractivity contribution in [2.75, 3.05) is 0 Å². The molecule has 0 bridgehead atoms. The first kappa shape index (κ1) is 13.1. The summed E-state index contributed by atoms with van der Waals surface area (Å²) in [5.74, 6) is 3.81. The Morgan fingerprint density at radius 2 is 1.59 bits per heavy atom. The fraction of sp³-hybridized carbons (Fsp3) is 0.200. The number of nitrogens with zero attached hydrogens (tertiary/aromatic N) is 5. The maximum atomic E-state index is 4.83. The molecule has 0 radical (unpaired) electrons. The maximum absolute atomic E-state index is 4.83. The summed E-state index contributed by atoms with van der Waals surface area (Å²) >= 11 is 0. The van der Waals surface area contributed by atoms with Crippen LogP contribution >= 0.6 is 0 Å². The standard InChI is InChI=1S/C15H18N6Si/c1-22(2,3)21-15(20-11-7-5-9-13(20)18-21)14-17-16-12-8-4-6-10-19(12)14/h4-11,17H,1-3H3/b15-14+. The minimum absolute atomic E-state index is 0.894. The Morgan fingerprint density at radius 3 is 2.32 bits per heavy atom. The van der Waals surface area contributed by atoms with Gasteiger partial charge in [-0.3, -0.25) is 19.9 Å². The van der Waals surface area contributed by atoms with Crippen molar-refractivity contribution in [1.82, 2.24) is 19.9 Å². The third-order valence-electron chi connectivity index (χ3n) is 3.67. The lowest BCUT2D eigenvalue weighted by Crippen LogP contribution is -2.44. The van der Waals surface area contributed by atoms with Gasteiger partial charge in [0.2, 0.25) is 0 Å². The molecule has 0 amide bonds. The van der Waals surface area contributed by atoms with Crippen LogP contribution in [0.25, 0.3) is 0 Å². The monoisotopic (exact) mass is 310 g/mol. The molecule has 0 aliphatic carbocycles. The van der Waals surface area contributed by atoms with E-state index in [-0.39, 0.29) is 0 Å². The van der Waals surface area contributed by atoms with Gasteiger partial charge in [-0.15, -0.1) is 0 Å². The SMILES string of the molecule is C[Si](C)(C)N1N=C2C=CC=CN2/C1=C1/NN=C2C=CC=CN21. The van der Waals surface area contributed by atoms with Gasteiger partial charge in [0.15, 0.2) is 31.5 Å². The van der Waals surface area contributed by atoms with Crippen molar-refractivity contribution >= 4 is 19.9 Å². The number of fused-ring (bicyclic) bond motifs is 2. The molecule has 0 unspecified atom stereocenters. The predicted octanol–water partition coefficient (Wildman–Crippen LogP) is 2.26. The summed E-state index contributed by atoms with van der Waals surface area (Å²) in [6.45, 7) is 6.85. The minimum Gasteiger partial charge on any atom is -0.282 e. The Hall–Kier alpha value is -2.54. The molecule has 112 valence electrons. The van der Waals surface area contributed by atoms with Gasteiger partial charge in [0.25, 0.3) is 0 Å². The van der Waals surface area contributed by atoms with E-state index < -0.39 is 8.24 Å². The largest absolute Gasteiger partial charge is 0.282 e. The van der Waals surface area contributed by atoms with Crippen molar-refractivity contribution in [3.63, 3.8) is 0 Å². The fourth-order valence-electron chi connectivity index (χ4n) is 2.66. The van der Waals surface area contributed by atoms with Gasteiger partial charge >= 0.3 is 0 Å². The molecule has 4 aliphatic rings. The van der Waals surface area contributed by atoms with Gasteiger partial charge in [0, 0.05) is 12.4 Å². The first-order valence-electron chi connectivity index (χ1n) is 7.31. The Morgan fingerprint density at radius 1 is 0.909 bits per heavy atom. The smallest absolute Gasteiger partial charge is 0.179 e. The van der Waals surface area contributed by atoms with Crippen LogP contribution in [-0.2, 0) is 0 Å². The van der Waals surface area contributed by atoms with Crippen LogP contribution in [0.1, 0.15) is 0 Å². The molecule has 0 fully saturated rings. The Labute approximate surface area is 130 Å². The molecule has 6 nitrogen and oxygen atoms in total. The maximum Gasteiger partial charge on any atom is 0.179 e. The molecule has 0 aromatic rings. The van der Waals surface area contributed by atoms with E-state index in [0.29, 0.717) is 0 Å². The van der Waals surface area contributed by atoms with Crippen molar-refractivity contribution in [1.29, 1.82) is 0 Å². The highest BCUT2D eigenvalue weighted by Gasteiger charge is 2.40. The highest BCUT2D eigenvalue weighted by molar-refractivity contribution is 6.73. The highest BCUT2D eigenvalue weighted by atomic mass is 28.3. The van der Waals surface area contributed by atoms with Crippen molar-refractivity contribution in [3.8, 4) is 0 Å². The van der Waals surface area contributed by atoms with Gasteiger partial charge in [0.1, 0.15) is 0 Å². The van der Waals surface area contributed by atoms with Crippen LogP contribution in [0.4, 0.5) is 0 Å². The van der Waals surface area contributed by atoms with E-state index in [4.69, 9.17) is 5.10 Å². The van der Waals surface area contributed by atoms with E-state index in [0.717, 1.165) is 23.3 Å². The molecule has 22 heavy (non-hydrogen) atoms. The Balaban J connectivity index is 1.84. The molecule has 0 aromatic heterocycles.